The monoisotopic (exact) mass is 393 g/mol. The number of nitrogens with one attached hydrogen (secondary N) is 1. The Bertz CT molecular complexity index is 1140. The second-order valence-corrected chi connectivity index (χ2v) is 7.36. The summed E-state index contributed by atoms with van der Waals surface area (Å²) in [5.41, 5.74) is 2.41. The van der Waals surface area contributed by atoms with E-state index in [0.29, 0.717) is 17.4 Å². The largest absolute Gasteiger partial charge is 0.331 e. The third kappa shape index (κ3) is 4.31. The standard InChI is InChI=1S/C23H27N3O3/c1-4-5-8-14-25-22(28)18-12-6-7-13-19(18)26(23(25)29)15-20(27)24-21-16(2)10-9-11-17(21)3/h6-7,9-13H,4-5,8,14-15H2,1-3H3,(H,24,27). The molecule has 152 valence electrons. The number of fused-ring (bicyclic) bond motifs is 1. The van der Waals surface area contributed by atoms with Crippen LogP contribution in [0.15, 0.2) is 52.1 Å². The van der Waals surface area contributed by atoms with E-state index in [1.165, 1.54) is 9.13 Å². The van der Waals surface area contributed by atoms with Gasteiger partial charge in [-0.05, 0) is 43.5 Å². The van der Waals surface area contributed by atoms with E-state index in [-0.39, 0.29) is 18.0 Å². The van der Waals surface area contributed by atoms with E-state index >= 15 is 0 Å². The van der Waals surface area contributed by atoms with Crippen LogP contribution in [0.5, 0.6) is 0 Å². The van der Waals surface area contributed by atoms with Gasteiger partial charge >= 0.3 is 5.69 Å². The lowest BCUT2D eigenvalue weighted by Gasteiger charge is -2.15. The average Bonchev–Trinajstić information content (AvgIpc) is 2.71. The highest BCUT2D eigenvalue weighted by atomic mass is 16.2. The maximum absolute atomic E-state index is 13.1. The molecule has 6 heteroatoms. The summed E-state index contributed by atoms with van der Waals surface area (Å²) in [7, 11) is 0. The van der Waals surface area contributed by atoms with Crippen molar-refractivity contribution >= 4 is 22.5 Å². The number of nitrogens with zero attached hydrogens (tertiary/aromatic N) is 2. The van der Waals surface area contributed by atoms with Crippen LogP contribution in [0.25, 0.3) is 10.9 Å². The number of rotatable bonds is 7. The Labute approximate surface area is 169 Å². The van der Waals surface area contributed by atoms with Crippen molar-refractivity contribution in [3.63, 3.8) is 0 Å². The van der Waals surface area contributed by atoms with Gasteiger partial charge in [0, 0.05) is 12.2 Å². The molecule has 0 atom stereocenters. The molecule has 3 aromatic rings. The number of aromatic nitrogens is 2. The Morgan fingerprint density at radius 3 is 2.31 bits per heavy atom. The first-order valence-corrected chi connectivity index (χ1v) is 10.0. The van der Waals surface area contributed by atoms with Crippen molar-refractivity contribution in [2.24, 2.45) is 0 Å². The molecule has 0 aliphatic rings. The molecule has 1 amide bonds. The number of para-hydroxylation sites is 2. The SMILES string of the molecule is CCCCCn1c(=O)c2ccccc2n(CC(=O)Nc2c(C)cccc2C)c1=O. The topological polar surface area (TPSA) is 73.1 Å². The molecule has 0 radical (unpaired) electrons. The van der Waals surface area contributed by atoms with Crippen LogP contribution < -0.4 is 16.6 Å². The molecular weight excluding hydrogens is 366 g/mol. The second-order valence-electron chi connectivity index (χ2n) is 7.36. The molecule has 3 rings (SSSR count). The third-order valence-electron chi connectivity index (χ3n) is 5.16. The van der Waals surface area contributed by atoms with E-state index in [9.17, 15) is 14.4 Å². The van der Waals surface area contributed by atoms with Gasteiger partial charge < -0.3 is 5.32 Å². The normalized spacial score (nSPS) is 11.0. The van der Waals surface area contributed by atoms with Crippen LogP contribution in [0.1, 0.15) is 37.3 Å². The lowest BCUT2D eigenvalue weighted by molar-refractivity contribution is -0.116. The van der Waals surface area contributed by atoms with Crippen LogP contribution in [0.3, 0.4) is 0 Å². The molecule has 2 aromatic carbocycles. The van der Waals surface area contributed by atoms with Gasteiger partial charge in [0.05, 0.1) is 10.9 Å². The van der Waals surface area contributed by atoms with Crippen LogP contribution in [0.4, 0.5) is 5.69 Å². The highest BCUT2D eigenvalue weighted by Gasteiger charge is 2.16. The number of anilines is 1. The molecule has 0 fully saturated rings. The average molecular weight is 393 g/mol. The van der Waals surface area contributed by atoms with E-state index in [0.717, 1.165) is 36.1 Å². The van der Waals surface area contributed by atoms with Gasteiger partial charge in [-0.15, -0.1) is 0 Å². The summed E-state index contributed by atoms with van der Waals surface area (Å²) in [6, 6.07) is 12.7. The molecule has 0 aliphatic carbocycles. The van der Waals surface area contributed by atoms with Crippen molar-refractivity contribution in [3.8, 4) is 0 Å². The van der Waals surface area contributed by atoms with Gasteiger partial charge in [-0.1, -0.05) is 50.1 Å². The first-order chi connectivity index (χ1) is 13.9. The lowest BCUT2D eigenvalue weighted by atomic mass is 10.1. The minimum atomic E-state index is -0.443. The van der Waals surface area contributed by atoms with Crippen molar-refractivity contribution in [1.29, 1.82) is 0 Å². The van der Waals surface area contributed by atoms with Crippen LogP contribution >= 0.6 is 0 Å². The fraction of sp³-hybridized carbons (Fsp3) is 0.348. The highest BCUT2D eigenvalue weighted by molar-refractivity contribution is 5.93. The number of unbranched alkanes of at least 4 members (excludes halogenated alkanes) is 2. The zero-order chi connectivity index (χ0) is 21.0. The molecule has 0 unspecified atom stereocenters. The number of hydrogen-bond acceptors (Lipinski definition) is 3. The van der Waals surface area contributed by atoms with E-state index in [1.54, 1.807) is 24.3 Å². The Morgan fingerprint density at radius 2 is 1.62 bits per heavy atom. The number of benzene rings is 2. The van der Waals surface area contributed by atoms with E-state index in [4.69, 9.17) is 0 Å². The van der Waals surface area contributed by atoms with Gasteiger partial charge in [-0.2, -0.15) is 0 Å². The van der Waals surface area contributed by atoms with Crippen molar-refractivity contribution in [2.75, 3.05) is 5.32 Å². The van der Waals surface area contributed by atoms with Crippen LogP contribution in [0.2, 0.25) is 0 Å². The summed E-state index contributed by atoms with van der Waals surface area (Å²) in [6.45, 7) is 6.13. The number of amides is 1. The molecule has 0 saturated heterocycles. The Morgan fingerprint density at radius 1 is 0.931 bits per heavy atom. The molecular formula is C23H27N3O3. The third-order valence-corrected chi connectivity index (χ3v) is 5.16. The molecule has 0 aliphatic heterocycles. The molecule has 0 spiro atoms. The maximum Gasteiger partial charge on any atom is 0.331 e. The first kappa shape index (κ1) is 20.6. The zero-order valence-electron chi connectivity index (χ0n) is 17.2. The molecule has 29 heavy (non-hydrogen) atoms. The van der Waals surface area contributed by atoms with Gasteiger partial charge in [-0.3, -0.25) is 18.7 Å². The Kier molecular flexibility index (Phi) is 6.32. The smallest absolute Gasteiger partial charge is 0.324 e. The minimum absolute atomic E-state index is 0.152. The lowest BCUT2D eigenvalue weighted by Crippen LogP contribution is -2.41. The van der Waals surface area contributed by atoms with E-state index < -0.39 is 5.69 Å². The second kappa shape index (κ2) is 8.90. The van der Waals surface area contributed by atoms with Crippen molar-refractivity contribution in [3.05, 3.63) is 74.4 Å². The van der Waals surface area contributed by atoms with Gasteiger partial charge in [0.2, 0.25) is 5.91 Å². The summed E-state index contributed by atoms with van der Waals surface area (Å²) in [5, 5.41) is 3.37. The number of aryl methyl sites for hydroxylation is 2. The number of carbonyl (C=O) groups excluding carboxylic acids is 1. The van der Waals surface area contributed by atoms with Crippen molar-refractivity contribution in [1.82, 2.24) is 9.13 Å². The van der Waals surface area contributed by atoms with E-state index in [1.807, 2.05) is 32.0 Å². The number of hydrogen-bond donors (Lipinski definition) is 1. The Hall–Kier alpha value is -3.15. The maximum atomic E-state index is 13.1. The van der Waals surface area contributed by atoms with Gasteiger partial charge in [-0.25, -0.2) is 4.79 Å². The van der Waals surface area contributed by atoms with Crippen LogP contribution in [-0.4, -0.2) is 15.0 Å². The molecule has 1 aromatic heterocycles. The molecule has 1 heterocycles. The summed E-state index contributed by atoms with van der Waals surface area (Å²) >= 11 is 0. The van der Waals surface area contributed by atoms with Gasteiger partial charge in [0.1, 0.15) is 6.54 Å². The Balaban J connectivity index is 2.01. The van der Waals surface area contributed by atoms with Crippen LogP contribution in [-0.2, 0) is 17.9 Å². The first-order valence-electron chi connectivity index (χ1n) is 10.0. The fourth-order valence-corrected chi connectivity index (χ4v) is 3.57. The molecule has 0 bridgehead atoms. The predicted octanol–water partition coefficient (Wildman–Crippen LogP) is 3.61. The number of carbonyl (C=O) groups is 1. The molecule has 6 nitrogen and oxygen atoms in total. The quantitative estimate of drug-likeness (QED) is 0.623. The van der Waals surface area contributed by atoms with Crippen molar-refractivity contribution in [2.45, 2.75) is 53.1 Å². The van der Waals surface area contributed by atoms with Gasteiger partial charge in [0.15, 0.2) is 0 Å². The van der Waals surface area contributed by atoms with Crippen molar-refractivity contribution < 1.29 is 4.79 Å². The molecule has 1 N–H and O–H groups in total. The fourth-order valence-electron chi connectivity index (χ4n) is 3.57. The zero-order valence-corrected chi connectivity index (χ0v) is 17.2. The summed E-state index contributed by atoms with van der Waals surface area (Å²) < 4.78 is 2.65. The summed E-state index contributed by atoms with van der Waals surface area (Å²) in [4.78, 5) is 38.7. The van der Waals surface area contributed by atoms with Crippen LogP contribution in [0, 0.1) is 13.8 Å². The summed E-state index contributed by atoms with van der Waals surface area (Å²) in [5.74, 6) is -0.298. The highest BCUT2D eigenvalue weighted by Crippen LogP contribution is 2.19. The van der Waals surface area contributed by atoms with Gasteiger partial charge in [0.25, 0.3) is 5.56 Å². The molecule has 0 saturated carbocycles. The summed E-state index contributed by atoms with van der Waals surface area (Å²) in [6.07, 6.45) is 2.68. The van der Waals surface area contributed by atoms with E-state index in [2.05, 4.69) is 12.2 Å². The predicted molar refractivity (Wildman–Crippen MR) is 117 cm³/mol. The minimum Gasteiger partial charge on any atom is -0.324 e.